The van der Waals surface area contributed by atoms with Gasteiger partial charge in [0.1, 0.15) is 0 Å². The molecule has 2 unspecified atom stereocenters. The number of carbonyl (C=O) groups is 2. The molecule has 0 bridgehead atoms. The fourth-order valence-electron chi connectivity index (χ4n) is 4.02. The van der Waals surface area contributed by atoms with Crippen molar-refractivity contribution in [3.05, 3.63) is 12.2 Å². The van der Waals surface area contributed by atoms with Gasteiger partial charge < -0.3 is 5.11 Å². The highest BCUT2D eigenvalue weighted by Crippen LogP contribution is 2.44. The summed E-state index contributed by atoms with van der Waals surface area (Å²) >= 11 is 0. The number of allylic oxidation sites excluding steroid dienone is 2. The first-order chi connectivity index (χ1) is 9.59. The summed E-state index contributed by atoms with van der Waals surface area (Å²) in [6.07, 6.45) is 8.79. The third kappa shape index (κ3) is 1.93. The van der Waals surface area contributed by atoms with Gasteiger partial charge in [0.25, 0.3) is 0 Å². The minimum atomic E-state index is -0.627. The van der Waals surface area contributed by atoms with Gasteiger partial charge in [0.15, 0.2) is 0 Å². The molecule has 2 atom stereocenters. The predicted octanol–water partition coefficient (Wildman–Crippen LogP) is 1.88. The lowest BCUT2D eigenvalue weighted by molar-refractivity contribution is -0.151. The Morgan fingerprint density at radius 3 is 2.10 bits per heavy atom. The molecule has 0 aromatic carbocycles. The second-order valence-corrected chi connectivity index (χ2v) is 6.73. The number of rotatable bonds is 2. The van der Waals surface area contributed by atoms with Gasteiger partial charge in [0.05, 0.1) is 24.0 Å². The van der Waals surface area contributed by atoms with E-state index < -0.39 is 5.54 Å². The number of hydrogen-bond donors (Lipinski definition) is 1. The van der Waals surface area contributed by atoms with Crippen LogP contribution < -0.4 is 0 Å². The van der Waals surface area contributed by atoms with Crippen LogP contribution in [0.3, 0.4) is 0 Å². The topological polar surface area (TPSA) is 57.6 Å². The second kappa shape index (κ2) is 4.99. The quantitative estimate of drug-likeness (QED) is 0.619. The molecule has 0 aromatic rings. The van der Waals surface area contributed by atoms with E-state index in [0.717, 1.165) is 25.7 Å². The molecule has 2 amide bonds. The molecule has 1 saturated heterocycles. The van der Waals surface area contributed by atoms with Crippen molar-refractivity contribution in [3.63, 3.8) is 0 Å². The molecule has 110 valence electrons. The first-order valence-electron chi connectivity index (χ1n) is 7.73. The number of aliphatic hydroxyl groups is 1. The van der Waals surface area contributed by atoms with Gasteiger partial charge in [0.2, 0.25) is 11.8 Å². The number of fused-ring (bicyclic) bond motifs is 1. The minimum Gasteiger partial charge on any atom is -0.394 e. The van der Waals surface area contributed by atoms with Crippen LogP contribution in [0.2, 0.25) is 0 Å². The molecule has 0 spiro atoms. The molecule has 1 heterocycles. The second-order valence-electron chi connectivity index (χ2n) is 6.73. The van der Waals surface area contributed by atoms with Crippen LogP contribution in [0.1, 0.15) is 45.4 Å². The van der Waals surface area contributed by atoms with E-state index in [0.29, 0.717) is 18.8 Å². The molecular formula is C16H23NO3. The van der Waals surface area contributed by atoms with Gasteiger partial charge in [-0.1, -0.05) is 19.1 Å². The van der Waals surface area contributed by atoms with E-state index in [1.165, 1.54) is 4.90 Å². The molecule has 3 rings (SSSR count). The van der Waals surface area contributed by atoms with Gasteiger partial charge in [-0.3, -0.25) is 14.5 Å². The highest BCUT2D eigenvalue weighted by molar-refractivity contribution is 6.06. The summed E-state index contributed by atoms with van der Waals surface area (Å²) < 4.78 is 0. The summed E-state index contributed by atoms with van der Waals surface area (Å²) in [5.41, 5.74) is -0.627. The molecule has 20 heavy (non-hydrogen) atoms. The molecule has 4 heteroatoms. The Bertz CT molecular complexity index is 423. The van der Waals surface area contributed by atoms with Gasteiger partial charge in [-0.2, -0.15) is 0 Å². The Balaban J connectivity index is 1.89. The standard InChI is InChI=1S/C16H23NO3/c1-11-6-8-16(10-18,9-7-11)17-14(19)12-4-2-3-5-13(12)15(17)20/h2-3,11-13,18H,4-10H2,1H3. The Morgan fingerprint density at radius 2 is 1.65 bits per heavy atom. The van der Waals surface area contributed by atoms with Crippen LogP contribution in [-0.2, 0) is 9.59 Å². The van der Waals surface area contributed by atoms with Crippen molar-refractivity contribution < 1.29 is 14.7 Å². The fraction of sp³-hybridized carbons (Fsp3) is 0.750. The number of carbonyl (C=O) groups excluding carboxylic acids is 2. The van der Waals surface area contributed by atoms with E-state index in [1.54, 1.807) is 0 Å². The Kier molecular flexibility index (Phi) is 3.44. The first-order valence-corrected chi connectivity index (χ1v) is 7.73. The summed E-state index contributed by atoms with van der Waals surface area (Å²) in [6, 6.07) is 0. The van der Waals surface area contributed by atoms with Gasteiger partial charge in [-0.05, 0) is 44.4 Å². The summed E-state index contributed by atoms with van der Waals surface area (Å²) in [5, 5.41) is 9.90. The summed E-state index contributed by atoms with van der Waals surface area (Å²) in [7, 11) is 0. The van der Waals surface area contributed by atoms with E-state index in [-0.39, 0.29) is 30.3 Å². The van der Waals surface area contributed by atoms with Crippen LogP contribution in [-0.4, -0.2) is 34.0 Å². The maximum absolute atomic E-state index is 12.7. The van der Waals surface area contributed by atoms with Crippen molar-refractivity contribution in [2.24, 2.45) is 17.8 Å². The normalized spacial score (nSPS) is 41.1. The molecule has 3 aliphatic rings. The largest absolute Gasteiger partial charge is 0.394 e. The number of amides is 2. The molecule has 1 aliphatic heterocycles. The van der Waals surface area contributed by atoms with Crippen molar-refractivity contribution in [1.29, 1.82) is 0 Å². The molecule has 2 fully saturated rings. The number of hydrogen-bond acceptors (Lipinski definition) is 3. The molecule has 1 N–H and O–H groups in total. The van der Waals surface area contributed by atoms with Crippen molar-refractivity contribution in [2.75, 3.05) is 6.61 Å². The van der Waals surface area contributed by atoms with E-state index in [2.05, 4.69) is 6.92 Å². The Morgan fingerprint density at radius 1 is 1.15 bits per heavy atom. The molecule has 4 nitrogen and oxygen atoms in total. The van der Waals surface area contributed by atoms with Gasteiger partial charge in [-0.15, -0.1) is 0 Å². The average Bonchev–Trinajstić information content (AvgIpc) is 2.74. The maximum Gasteiger partial charge on any atom is 0.234 e. The monoisotopic (exact) mass is 277 g/mol. The maximum atomic E-state index is 12.7. The SMILES string of the molecule is CC1CCC(CO)(N2C(=O)C3CC=CCC3C2=O)CC1. The van der Waals surface area contributed by atoms with Crippen molar-refractivity contribution in [2.45, 2.75) is 51.0 Å². The molecule has 0 radical (unpaired) electrons. The van der Waals surface area contributed by atoms with E-state index in [4.69, 9.17) is 0 Å². The zero-order valence-corrected chi connectivity index (χ0v) is 12.0. The zero-order valence-electron chi connectivity index (χ0n) is 12.0. The first kappa shape index (κ1) is 13.8. The summed E-state index contributed by atoms with van der Waals surface area (Å²) in [6.45, 7) is 2.10. The van der Waals surface area contributed by atoms with E-state index in [1.807, 2.05) is 12.2 Å². The third-order valence-corrected chi connectivity index (χ3v) is 5.48. The highest BCUT2D eigenvalue weighted by atomic mass is 16.3. The Hall–Kier alpha value is -1.16. The fourth-order valence-corrected chi connectivity index (χ4v) is 4.02. The molecular weight excluding hydrogens is 254 g/mol. The lowest BCUT2D eigenvalue weighted by Gasteiger charge is -2.43. The van der Waals surface area contributed by atoms with Gasteiger partial charge >= 0.3 is 0 Å². The average molecular weight is 277 g/mol. The van der Waals surface area contributed by atoms with Crippen LogP contribution in [0.4, 0.5) is 0 Å². The molecule has 1 saturated carbocycles. The smallest absolute Gasteiger partial charge is 0.234 e. The number of likely N-dealkylation sites (tertiary alicyclic amines) is 1. The molecule has 2 aliphatic carbocycles. The minimum absolute atomic E-state index is 0.0482. The predicted molar refractivity (Wildman–Crippen MR) is 74.7 cm³/mol. The van der Waals surface area contributed by atoms with Crippen molar-refractivity contribution in [3.8, 4) is 0 Å². The van der Waals surface area contributed by atoms with Gasteiger partial charge in [0, 0.05) is 0 Å². The lowest BCUT2D eigenvalue weighted by Crippen LogP contribution is -2.56. The van der Waals surface area contributed by atoms with Crippen LogP contribution in [0, 0.1) is 17.8 Å². The molecule has 0 aromatic heterocycles. The van der Waals surface area contributed by atoms with Crippen LogP contribution in [0.5, 0.6) is 0 Å². The van der Waals surface area contributed by atoms with E-state index >= 15 is 0 Å². The number of imide groups is 1. The number of aliphatic hydroxyl groups excluding tert-OH is 1. The third-order valence-electron chi connectivity index (χ3n) is 5.48. The van der Waals surface area contributed by atoms with Gasteiger partial charge in [-0.25, -0.2) is 0 Å². The number of nitrogens with zero attached hydrogens (tertiary/aromatic N) is 1. The summed E-state index contributed by atoms with van der Waals surface area (Å²) in [4.78, 5) is 26.8. The van der Waals surface area contributed by atoms with Crippen LogP contribution in [0.25, 0.3) is 0 Å². The zero-order chi connectivity index (χ0) is 14.3. The lowest BCUT2D eigenvalue weighted by atomic mass is 9.76. The van der Waals surface area contributed by atoms with Crippen LogP contribution in [0.15, 0.2) is 12.2 Å². The van der Waals surface area contributed by atoms with E-state index in [9.17, 15) is 14.7 Å². The Labute approximate surface area is 119 Å². The van der Waals surface area contributed by atoms with Crippen molar-refractivity contribution in [1.82, 2.24) is 4.90 Å². The highest BCUT2D eigenvalue weighted by Gasteiger charge is 2.55. The van der Waals surface area contributed by atoms with Crippen molar-refractivity contribution >= 4 is 11.8 Å². The van der Waals surface area contributed by atoms with Crippen LogP contribution >= 0.6 is 0 Å². The summed E-state index contributed by atoms with van der Waals surface area (Å²) in [5.74, 6) is 0.151.